The Morgan fingerprint density at radius 1 is 0.929 bits per heavy atom. The molecule has 0 fully saturated rings. The number of nitrogens with one attached hydrogen (secondary N) is 2. The molecule has 1 aromatic heterocycles. The van der Waals surface area contributed by atoms with Crippen LogP contribution in [0, 0.1) is 5.82 Å². The fraction of sp³-hybridized carbons (Fsp3) is 0.100. The summed E-state index contributed by atoms with van der Waals surface area (Å²) in [6, 6.07) is 14.9. The van der Waals surface area contributed by atoms with Crippen LogP contribution in [0.1, 0.15) is 23.0 Å². The smallest absolute Gasteiger partial charge is 0.276 e. The summed E-state index contributed by atoms with van der Waals surface area (Å²) < 4.78 is 14.2. The average Bonchev–Trinajstić information content (AvgIpc) is 2.66. The summed E-state index contributed by atoms with van der Waals surface area (Å²) in [6.07, 6.45) is 0. The number of benzene rings is 2. The summed E-state index contributed by atoms with van der Waals surface area (Å²) in [5.41, 5.74) is 1.49. The monoisotopic (exact) mass is 380 g/mol. The summed E-state index contributed by atoms with van der Waals surface area (Å²) in [6.45, 7) is 1.52. The first-order chi connectivity index (χ1) is 13.4. The summed E-state index contributed by atoms with van der Waals surface area (Å²) in [5.74, 6) is -1.05. The minimum absolute atomic E-state index is 0.0626. The fourth-order valence-corrected chi connectivity index (χ4v) is 2.48. The lowest BCUT2D eigenvalue weighted by Gasteiger charge is -2.09. The van der Waals surface area contributed by atoms with Crippen LogP contribution >= 0.6 is 0 Å². The third-order valence-corrected chi connectivity index (χ3v) is 3.81. The van der Waals surface area contributed by atoms with Gasteiger partial charge in [-0.05, 0) is 48.0 Å². The van der Waals surface area contributed by atoms with Gasteiger partial charge >= 0.3 is 0 Å². The Hall–Kier alpha value is -3.81. The third kappa shape index (κ3) is 4.88. The maximum atomic E-state index is 13.0. The van der Waals surface area contributed by atoms with E-state index in [1.165, 1.54) is 31.2 Å². The number of aromatic nitrogens is 2. The van der Waals surface area contributed by atoms with E-state index >= 15 is 0 Å². The fourth-order valence-electron chi connectivity index (χ4n) is 2.48. The van der Waals surface area contributed by atoms with Crippen LogP contribution in [0.3, 0.4) is 0 Å². The van der Waals surface area contributed by atoms with E-state index in [0.717, 1.165) is 4.68 Å². The second-order valence-electron chi connectivity index (χ2n) is 6.05. The van der Waals surface area contributed by atoms with Gasteiger partial charge in [-0.25, -0.2) is 9.07 Å². The molecule has 2 amide bonds. The summed E-state index contributed by atoms with van der Waals surface area (Å²) in [4.78, 5) is 35.5. The number of hydrogen-bond acceptors (Lipinski definition) is 4. The molecule has 0 atom stereocenters. The molecule has 142 valence electrons. The van der Waals surface area contributed by atoms with Crippen LogP contribution < -0.4 is 16.2 Å². The maximum Gasteiger partial charge on any atom is 0.276 e. The molecule has 3 rings (SSSR count). The second-order valence-corrected chi connectivity index (χ2v) is 6.05. The van der Waals surface area contributed by atoms with Gasteiger partial charge in [0.15, 0.2) is 0 Å². The van der Waals surface area contributed by atoms with Gasteiger partial charge in [0.25, 0.3) is 11.5 Å². The van der Waals surface area contributed by atoms with Gasteiger partial charge in [0.1, 0.15) is 11.5 Å². The van der Waals surface area contributed by atoms with Crippen LogP contribution in [-0.2, 0) is 11.3 Å². The van der Waals surface area contributed by atoms with Gasteiger partial charge in [-0.3, -0.25) is 14.4 Å². The molecular formula is C20H17FN4O3. The first kappa shape index (κ1) is 19.0. The lowest BCUT2D eigenvalue weighted by molar-refractivity contribution is -0.114. The standard InChI is InChI=1S/C20H17FN4O3/c1-13(26)22-16-6-8-17(9-7-16)23-20(28)18-10-11-19(27)25(24-18)12-14-2-4-15(21)5-3-14/h2-11H,12H2,1H3,(H,22,26)(H,23,28). The highest BCUT2D eigenvalue weighted by molar-refractivity contribution is 6.02. The van der Waals surface area contributed by atoms with Crippen molar-refractivity contribution >= 4 is 23.2 Å². The van der Waals surface area contributed by atoms with Crippen LogP contribution in [0.4, 0.5) is 15.8 Å². The zero-order chi connectivity index (χ0) is 20.1. The van der Waals surface area contributed by atoms with Crippen LogP contribution in [0.5, 0.6) is 0 Å². The molecule has 28 heavy (non-hydrogen) atoms. The van der Waals surface area contributed by atoms with E-state index in [-0.39, 0.29) is 29.5 Å². The lowest BCUT2D eigenvalue weighted by Crippen LogP contribution is -2.26. The number of nitrogens with zero attached hydrogens (tertiary/aromatic N) is 2. The molecule has 1 heterocycles. The number of hydrogen-bond donors (Lipinski definition) is 2. The number of halogens is 1. The van der Waals surface area contributed by atoms with Gasteiger partial charge in [0, 0.05) is 24.4 Å². The van der Waals surface area contributed by atoms with Crippen molar-refractivity contribution in [2.45, 2.75) is 13.5 Å². The Balaban J connectivity index is 1.74. The molecule has 0 spiro atoms. The Bertz CT molecular complexity index is 1060. The predicted molar refractivity (Wildman–Crippen MR) is 103 cm³/mol. The highest BCUT2D eigenvalue weighted by Crippen LogP contribution is 2.14. The summed E-state index contributed by atoms with van der Waals surface area (Å²) >= 11 is 0. The van der Waals surface area contributed by atoms with E-state index in [9.17, 15) is 18.8 Å². The number of anilines is 2. The predicted octanol–water partition coefficient (Wildman–Crippen LogP) is 2.64. The first-order valence-electron chi connectivity index (χ1n) is 8.42. The van der Waals surface area contributed by atoms with E-state index in [2.05, 4.69) is 15.7 Å². The summed E-state index contributed by atoms with van der Waals surface area (Å²) in [7, 11) is 0. The van der Waals surface area contributed by atoms with Crippen molar-refractivity contribution in [1.29, 1.82) is 0 Å². The Kier molecular flexibility index (Phi) is 5.59. The molecule has 3 aromatic rings. The number of amides is 2. The van der Waals surface area contributed by atoms with E-state index in [1.54, 1.807) is 36.4 Å². The average molecular weight is 380 g/mol. The number of rotatable bonds is 5. The van der Waals surface area contributed by atoms with E-state index < -0.39 is 5.91 Å². The van der Waals surface area contributed by atoms with Gasteiger partial charge < -0.3 is 10.6 Å². The largest absolute Gasteiger partial charge is 0.326 e. The minimum Gasteiger partial charge on any atom is -0.326 e. The molecule has 0 bridgehead atoms. The second kappa shape index (κ2) is 8.26. The molecule has 0 saturated carbocycles. The van der Waals surface area contributed by atoms with Crippen molar-refractivity contribution in [1.82, 2.24) is 9.78 Å². The van der Waals surface area contributed by atoms with Crippen molar-refractivity contribution in [3.05, 3.63) is 88.1 Å². The Labute approximate surface area is 159 Å². The van der Waals surface area contributed by atoms with Crippen molar-refractivity contribution in [2.24, 2.45) is 0 Å². The zero-order valence-electron chi connectivity index (χ0n) is 15.0. The first-order valence-corrected chi connectivity index (χ1v) is 8.42. The molecule has 0 saturated heterocycles. The SMILES string of the molecule is CC(=O)Nc1ccc(NC(=O)c2ccc(=O)n(Cc3ccc(F)cc3)n2)cc1. The molecule has 7 nitrogen and oxygen atoms in total. The van der Waals surface area contributed by atoms with Crippen molar-refractivity contribution < 1.29 is 14.0 Å². The van der Waals surface area contributed by atoms with Crippen molar-refractivity contribution in [3.8, 4) is 0 Å². The maximum absolute atomic E-state index is 13.0. The molecule has 0 aliphatic heterocycles. The quantitative estimate of drug-likeness (QED) is 0.712. The lowest BCUT2D eigenvalue weighted by atomic mass is 10.2. The van der Waals surface area contributed by atoms with E-state index in [4.69, 9.17) is 0 Å². The molecule has 0 radical (unpaired) electrons. The molecule has 2 N–H and O–H groups in total. The van der Waals surface area contributed by atoms with Gasteiger partial charge in [-0.2, -0.15) is 5.10 Å². The van der Waals surface area contributed by atoms with E-state index in [1.807, 2.05) is 0 Å². The van der Waals surface area contributed by atoms with Gasteiger partial charge in [0.2, 0.25) is 5.91 Å². The van der Waals surface area contributed by atoms with Crippen molar-refractivity contribution in [2.75, 3.05) is 10.6 Å². The van der Waals surface area contributed by atoms with Gasteiger partial charge in [-0.1, -0.05) is 12.1 Å². The van der Waals surface area contributed by atoms with E-state index in [0.29, 0.717) is 16.9 Å². The topological polar surface area (TPSA) is 93.1 Å². The zero-order valence-corrected chi connectivity index (χ0v) is 15.0. The van der Waals surface area contributed by atoms with Crippen LogP contribution in [0.15, 0.2) is 65.5 Å². The normalized spacial score (nSPS) is 10.4. The van der Waals surface area contributed by atoms with Gasteiger partial charge in [-0.15, -0.1) is 0 Å². The highest BCUT2D eigenvalue weighted by Gasteiger charge is 2.11. The Morgan fingerprint density at radius 2 is 1.54 bits per heavy atom. The van der Waals surface area contributed by atoms with Crippen LogP contribution in [0.2, 0.25) is 0 Å². The number of carbonyl (C=O) groups excluding carboxylic acids is 2. The Morgan fingerprint density at radius 3 is 2.14 bits per heavy atom. The highest BCUT2D eigenvalue weighted by atomic mass is 19.1. The molecular weight excluding hydrogens is 363 g/mol. The van der Waals surface area contributed by atoms with Crippen molar-refractivity contribution in [3.63, 3.8) is 0 Å². The molecule has 8 heteroatoms. The van der Waals surface area contributed by atoms with Crippen LogP contribution in [0.25, 0.3) is 0 Å². The molecule has 0 unspecified atom stereocenters. The molecule has 0 aliphatic rings. The number of carbonyl (C=O) groups is 2. The van der Waals surface area contributed by atoms with Crippen LogP contribution in [-0.4, -0.2) is 21.6 Å². The molecule has 0 aliphatic carbocycles. The van der Waals surface area contributed by atoms with Gasteiger partial charge in [0.05, 0.1) is 6.54 Å². The third-order valence-electron chi connectivity index (χ3n) is 3.81. The summed E-state index contributed by atoms with van der Waals surface area (Å²) in [5, 5.41) is 9.39. The minimum atomic E-state index is -0.486. The molecule has 2 aromatic carbocycles.